The molecule has 0 aliphatic heterocycles. The molecule has 4 N–H and O–H groups in total. The predicted molar refractivity (Wildman–Crippen MR) is 84.5 cm³/mol. The molecule has 116 valence electrons. The van der Waals surface area contributed by atoms with Crippen LogP contribution in [0.2, 0.25) is 0 Å². The maximum absolute atomic E-state index is 12.0. The van der Waals surface area contributed by atoms with Crippen molar-refractivity contribution >= 4 is 5.91 Å². The lowest BCUT2D eigenvalue weighted by Crippen LogP contribution is -2.34. The van der Waals surface area contributed by atoms with Gasteiger partial charge in [0.2, 0.25) is 0 Å². The molecule has 0 aliphatic carbocycles. The number of nitrogens with one attached hydrogen (secondary N) is 2. The van der Waals surface area contributed by atoms with Gasteiger partial charge in [0.05, 0.1) is 12.3 Å². The van der Waals surface area contributed by atoms with Gasteiger partial charge in [0.1, 0.15) is 11.3 Å². The summed E-state index contributed by atoms with van der Waals surface area (Å²) in [5.74, 6) is 5.49. The van der Waals surface area contributed by atoms with Crippen LogP contribution in [0.25, 0.3) is 11.3 Å². The first-order valence-corrected chi connectivity index (χ1v) is 6.99. The Morgan fingerprint density at radius 1 is 1.27 bits per heavy atom. The highest BCUT2D eigenvalue weighted by Gasteiger charge is 2.12. The van der Waals surface area contributed by atoms with E-state index in [1.165, 1.54) is 6.07 Å². The highest BCUT2D eigenvalue weighted by atomic mass is 16.5. The highest BCUT2D eigenvalue weighted by Crippen LogP contribution is 2.28. The van der Waals surface area contributed by atoms with Crippen LogP contribution in [0.15, 0.2) is 41.2 Å². The molecule has 0 unspecified atom stereocenters. The molecular formula is C16H19N3O3. The number of ether oxygens (including phenoxy) is 1. The molecule has 6 nitrogen and oxygen atoms in total. The number of nitrogens with two attached hydrogens (primary N) is 1. The van der Waals surface area contributed by atoms with Crippen molar-refractivity contribution in [2.24, 2.45) is 11.8 Å². The Hall–Kier alpha value is -2.60. The maximum Gasteiger partial charge on any atom is 0.270 e. The van der Waals surface area contributed by atoms with E-state index in [9.17, 15) is 9.59 Å². The lowest BCUT2D eigenvalue weighted by Gasteiger charge is -2.13. The third kappa shape index (κ3) is 3.53. The van der Waals surface area contributed by atoms with Crippen LogP contribution in [-0.2, 0) is 0 Å². The first-order chi connectivity index (χ1) is 10.5. The van der Waals surface area contributed by atoms with Gasteiger partial charge >= 0.3 is 0 Å². The third-order valence-electron chi connectivity index (χ3n) is 3.03. The minimum Gasteiger partial charge on any atom is -0.493 e. The topological polar surface area (TPSA) is 97.2 Å². The first kappa shape index (κ1) is 15.8. The second-order valence-corrected chi connectivity index (χ2v) is 5.29. The fourth-order valence-corrected chi connectivity index (χ4v) is 1.96. The molecule has 2 aromatic rings. The molecule has 1 aromatic heterocycles. The van der Waals surface area contributed by atoms with Crippen LogP contribution in [0.5, 0.6) is 5.75 Å². The zero-order valence-electron chi connectivity index (χ0n) is 12.6. The number of carbonyl (C=O) groups is 1. The number of nitrogen functional groups attached to an aromatic ring is 1. The summed E-state index contributed by atoms with van der Waals surface area (Å²) in [6.45, 7) is 4.70. The maximum atomic E-state index is 12.0. The third-order valence-corrected chi connectivity index (χ3v) is 3.03. The summed E-state index contributed by atoms with van der Waals surface area (Å²) in [6, 6.07) is 10.5. The van der Waals surface area contributed by atoms with Gasteiger partial charge in [-0.1, -0.05) is 26.0 Å². The number of aromatic nitrogens is 1. The number of amides is 1. The average Bonchev–Trinajstić information content (AvgIpc) is 2.52. The van der Waals surface area contributed by atoms with Gasteiger partial charge in [-0.3, -0.25) is 15.0 Å². The van der Waals surface area contributed by atoms with Crippen LogP contribution in [0.1, 0.15) is 24.2 Å². The van der Waals surface area contributed by atoms with Gasteiger partial charge in [0, 0.05) is 5.56 Å². The SMILES string of the molecule is CC(C)COc1ccccc1-c1ccc(C(=O)NN)c(=O)[nH]1. The van der Waals surface area contributed by atoms with Gasteiger partial charge in [-0.25, -0.2) is 5.84 Å². The Morgan fingerprint density at radius 3 is 2.64 bits per heavy atom. The summed E-state index contributed by atoms with van der Waals surface area (Å²) in [5.41, 5.74) is 2.75. The van der Waals surface area contributed by atoms with Gasteiger partial charge in [0.25, 0.3) is 11.5 Å². The molecule has 0 aliphatic rings. The molecule has 0 radical (unpaired) electrons. The van der Waals surface area contributed by atoms with Gasteiger partial charge in [0.15, 0.2) is 0 Å². The number of benzene rings is 1. The summed E-state index contributed by atoms with van der Waals surface area (Å²) in [6.07, 6.45) is 0. The van der Waals surface area contributed by atoms with Crippen LogP contribution in [0.4, 0.5) is 0 Å². The molecular weight excluding hydrogens is 282 g/mol. The van der Waals surface area contributed by atoms with Crippen LogP contribution in [0, 0.1) is 5.92 Å². The van der Waals surface area contributed by atoms with E-state index in [4.69, 9.17) is 10.6 Å². The number of hydrogen-bond donors (Lipinski definition) is 3. The standard InChI is InChI=1S/C16H19N3O3/c1-10(2)9-22-14-6-4-3-5-11(14)13-8-7-12(15(20)18-13)16(21)19-17/h3-8,10H,9,17H2,1-2H3,(H,18,20)(H,19,21). The molecule has 1 aromatic carbocycles. The van der Waals surface area contributed by atoms with E-state index in [0.717, 1.165) is 5.56 Å². The molecule has 0 saturated heterocycles. The molecule has 1 amide bonds. The van der Waals surface area contributed by atoms with Crippen molar-refractivity contribution < 1.29 is 9.53 Å². The van der Waals surface area contributed by atoms with Crippen molar-refractivity contribution in [3.05, 3.63) is 52.3 Å². The fraction of sp³-hybridized carbons (Fsp3) is 0.250. The van der Waals surface area contributed by atoms with Gasteiger partial charge in [-0.15, -0.1) is 0 Å². The van der Waals surface area contributed by atoms with Crippen molar-refractivity contribution in [2.45, 2.75) is 13.8 Å². The molecule has 1 heterocycles. The Balaban J connectivity index is 2.38. The van der Waals surface area contributed by atoms with Crippen molar-refractivity contribution in [3.8, 4) is 17.0 Å². The number of aromatic amines is 1. The monoisotopic (exact) mass is 301 g/mol. The number of H-pyrrole nitrogens is 1. The van der Waals surface area contributed by atoms with Gasteiger partial charge in [-0.05, 0) is 30.2 Å². The van der Waals surface area contributed by atoms with Crippen molar-refractivity contribution in [3.63, 3.8) is 0 Å². The Bertz CT molecular complexity index is 723. The van der Waals surface area contributed by atoms with E-state index in [1.54, 1.807) is 6.07 Å². The van der Waals surface area contributed by atoms with Crippen LogP contribution >= 0.6 is 0 Å². The Morgan fingerprint density at radius 2 is 2.00 bits per heavy atom. The summed E-state index contributed by atoms with van der Waals surface area (Å²) in [4.78, 5) is 26.1. The van der Waals surface area contributed by atoms with E-state index >= 15 is 0 Å². The predicted octanol–water partition coefficient (Wildman–Crippen LogP) is 1.68. The number of carbonyl (C=O) groups excluding carboxylic acids is 1. The van der Waals surface area contributed by atoms with Gasteiger partial charge < -0.3 is 9.72 Å². The largest absolute Gasteiger partial charge is 0.493 e. The van der Waals surface area contributed by atoms with E-state index < -0.39 is 11.5 Å². The average molecular weight is 301 g/mol. The summed E-state index contributed by atoms with van der Waals surface area (Å²) in [7, 11) is 0. The lowest BCUT2D eigenvalue weighted by molar-refractivity contribution is 0.0952. The van der Waals surface area contributed by atoms with Crippen LogP contribution < -0.4 is 21.6 Å². The summed E-state index contributed by atoms with van der Waals surface area (Å²) < 4.78 is 5.77. The van der Waals surface area contributed by atoms with Crippen LogP contribution in [-0.4, -0.2) is 17.5 Å². The van der Waals surface area contributed by atoms with E-state index in [0.29, 0.717) is 24.0 Å². The molecule has 0 bridgehead atoms. The van der Waals surface area contributed by atoms with E-state index in [2.05, 4.69) is 18.8 Å². The van der Waals surface area contributed by atoms with Crippen molar-refractivity contribution in [1.82, 2.24) is 10.4 Å². The zero-order valence-corrected chi connectivity index (χ0v) is 12.6. The minimum atomic E-state index is -0.628. The Labute approximate surface area is 128 Å². The van der Waals surface area contributed by atoms with Crippen molar-refractivity contribution in [1.29, 1.82) is 0 Å². The number of pyridine rings is 1. The summed E-state index contributed by atoms with van der Waals surface area (Å²) >= 11 is 0. The fourth-order valence-electron chi connectivity index (χ4n) is 1.96. The quantitative estimate of drug-likeness (QED) is 0.444. The summed E-state index contributed by atoms with van der Waals surface area (Å²) in [5, 5.41) is 0. The number of rotatable bonds is 5. The molecule has 0 atom stereocenters. The Kier molecular flexibility index (Phi) is 4.95. The molecule has 0 spiro atoms. The molecule has 0 saturated carbocycles. The van der Waals surface area contributed by atoms with E-state index in [-0.39, 0.29) is 5.56 Å². The van der Waals surface area contributed by atoms with Gasteiger partial charge in [-0.2, -0.15) is 0 Å². The van der Waals surface area contributed by atoms with E-state index in [1.807, 2.05) is 29.7 Å². The normalized spacial score (nSPS) is 10.5. The minimum absolute atomic E-state index is 0.0353. The lowest BCUT2D eigenvalue weighted by atomic mass is 10.1. The molecule has 0 fully saturated rings. The first-order valence-electron chi connectivity index (χ1n) is 6.99. The zero-order chi connectivity index (χ0) is 16.1. The second-order valence-electron chi connectivity index (χ2n) is 5.29. The number of hydrogen-bond acceptors (Lipinski definition) is 4. The smallest absolute Gasteiger partial charge is 0.270 e. The van der Waals surface area contributed by atoms with Crippen LogP contribution in [0.3, 0.4) is 0 Å². The number of hydrazine groups is 1. The molecule has 6 heteroatoms. The number of para-hydroxylation sites is 1. The highest BCUT2D eigenvalue weighted by molar-refractivity contribution is 5.93. The van der Waals surface area contributed by atoms with Crippen molar-refractivity contribution in [2.75, 3.05) is 6.61 Å². The molecule has 22 heavy (non-hydrogen) atoms. The molecule has 2 rings (SSSR count). The second kappa shape index (κ2) is 6.91.